The standard InChI is InChI=1S/C9H16N2O2.C2H6/c1-7(13)11-9-4-2-8(3-5-9)10-6-12;1-2/h6,8-9H,2-5H2,1H3,(H,10,12)(H,11,13);1-2H3. The molecule has 2 N–H and O–H groups in total. The van der Waals surface area contributed by atoms with Gasteiger partial charge < -0.3 is 10.6 Å². The molecule has 0 spiro atoms. The van der Waals surface area contributed by atoms with Gasteiger partial charge in [-0.25, -0.2) is 0 Å². The van der Waals surface area contributed by atoms with Gasteiger partial charge in [0.25, 0.3) is 0 Å². The zero-order chi connectivity index (χ0) is 11.7. The number of nitrogens with one attached hydrogen (secondary N) is 2. The smallest absolute Gasteiger partial charge is 0.217 e. The molecule has 0 unspecified atom stereocenters. The molecule has 4 heteroatoms. The maximum absolute atomic E-state index is 10.7. The van der Waals surface area contributed by atoms with Gasteiger partial charge in [-0.2, -0.15) is 0 Å². The minimum Gasteiger partial charge on any atom is -0.356 e. The van der Waals surface area contributed by atoms with E-state index in [0.29, 0.717) is 12.1 Å². The maximum atomic E-state index is 10.7. The van der Waals surface area contributed by atoms with E-state index in [2.05, 4.69) is 10.6 Å². The van der Waals surface area contributed by atoms with Gasteiger partial charge in [0.2, 0.25) is 12.3 Å². The topological polar surface area (TPSA) is 58.2 Å². The molecular formula is C11H22N2O2. The van der Waals surface area contributed by atoms with Crippen LogP contribution >= 0.6 is 0 Å². The molecule has 0 aliphatic heterocycles. The van der Waals surface area contributed by atoms with E-state index in [4.69, 9.17) is 0 Å². The SMILES string of the molecule is CC.CC(=O)NC1CCC(NC=O)CC1. The highest BCUT2D eigenvalue weighted by molar-refractivity contribution is 5.73. The van der Waals surface area contributed by atoms with Crippen LogP contribution in [-0.4, -0.2) is 24.4 Å². The number of amides is 2. The van der Waals surface area contributed by atoms with E-state index in [1.54, 1.807) is 0 Å². The molecule has 0 bridgehead atoms. The molecule has 0 atom stereocenters. The fraction of sp³-hybridized carbons (Fsp3) is 0.818. The zero-order valence-electron chi connectivity index (χ0n) is 9.88. The van der Waals surface area contributed by atoms with Crippen LogP contribution in [0.1, 0.15) is 46.5 Å². The van der Waals surface area contributed by atoms with Crippen LogP contribution < -0.4 is 10.6 Å². The summed E-state index contributed by atoms with van der Waals surface area (Å²) in [5, 5.41) is 5.65. The molecule has 0 aromatic rings. The molecule has 1 aliphatic rings. The van der Waals surface area contributed by atoms with Crippen molar-refractivity contribution in [1.29, 1.82) is 0 Å². The van der Waals surface area contributed by atoms with Crippen molar-refractivity contribution >= 4 is 12.3 Å². The second-order valence-electron chi connectivity index (χ2n) is 3.53. The highest BCUT2D eigenvalue weighted by atomic mass is 16.1. The fourth-order valence-electron chi connectivity index (χ4n) is 1.79. The molecule has 2 amide bonds. The van der Waals surface area contributed by atoms with Crippen LogP contribution in [0, 0.1) is 0 Å². The van der Waals surface area contributed by atoms with Crippen LogP contribution in [0.4, 0.5) is 0 Å². The first-order valence-corrected chi connectivity index (χ1v) is 5.69. The first kappa shape index (κ1) is 13.9. The molecule has 0 aromatic heterocycles. The predicted octanol–water partition coefficient (Wildman–Crippen LogP) is 1.21. The zero-order valence-corrected chi connectivity index (χ0v) is 9.88. The number of hydrogen-bond donors (Lipinski definition) is 2. The molecule has 1 saturated carbocycles. The highest BCUT2D eigenvalue weighted by Gasteiger charge is 2.20. The lowest BCUT2D eigenvalue weighted by atomic mass is 9.91. The van der Waals surface area contributed by atoms with E-state index in [-0.39, 0.29) is 5.91 Å². The first-order valence-electron chi connectivity index (χ1n) is 5.69. The second kappa shape index (κ2) is 8.26. The third-order valence-corrected chi connectivity index (χ3v) is 2.44. The summed E-state index contributed by atoms with van der Waals surface area (Å²) in [4.78, 5) is 20.9. The number of carbonyl (C=O) groups is 2. The average molecular weight is 214 g/mol. The molecule has 0 radical (unpaired) electrons. The van der Waals surface area contributed by atoms with E-state index in [9.17, 15) is 9.59 Å². The quantitative estimate of drug-likeness (QED) is 0.694. The van der Waals surface area contributed by atoms with E-state index >= 15 is 0 Å². The van der Waals surface area contributed by atoms with Gasteiger partial charge in [-0.15, -0.1) is 0 Å². The molecule has 4 nitrogen and oxygen atoms in total. The summed E-state index contributed by atoms with van der Waals surface area (Å²) < 4.78 is 0. The Morgan fingerprint density at radius 1 is 1.13 bits per heavy atom. The number of hydrogen-bond acceptors (Lipinski definition) is 2. The van der Waals surface area contributed by atoms with Crippen molar-refractivity contribution in [3.63, 3.8) is 0 Å². The Morgan fingerprint density at radius 2 is 1.60 bits per heavy atom. The Hall–Kier alpha value is -1.06. The summed E-state index contributed by atoms with van der Waals surface area (Å²) in [6.45, 7) is 5.54. The van der Waals surface area contributed by atoms with Gasteiger partial charge >= 0.3 is 0 Å². The van der Waals surface area contributed by atoms with Crippen molar-refractivity contribution in [3.8, 4) is 0 Å². The van der Waals surface area contributed by atoms with Gasteiger partial charge in [0.15, 0.2) is 0 Å². The Kier molecular flexibility index (Phi) is 7.68. The molecule has 0 heterocycles. The van der Waals surface area contributed by atoms with Crippen molar-refractivity contribution < 1.29 is 9.59 Å². The molecule has 1 aliphatic carbocycles. The molecular weight excluding hydrogens is 192 g/mol. The van der Waals surface area contributed by atoms with Gasteiger partial charge in [0, 0.05) is 19.0 Å². The summed E-state index contributed by atoms with van der Waals surface area (Å²) in [6, 6.07) is 0.615. The highest BCUT2D eigenvalue weighted by Crippen LogP contribution is 2.17. The van der Waals surface area contributed by atoms with E-state index in [1.165, 1.54) is 6.92 Å². The minimum atomic E-state index is 0.0341. The average Bonchev–Trinajstić information content (AvgIpc) is 2.24. The summed E-state index contributed by atoms with van der Waals surface area (Å²) in [6.07, 6.45) is 4.60. The van der Waals surface area contributed by atoms with Crippen LogP contribution in [0.2, 0.25) is 0 Å². The van der Waals surface area contributed by atoms with Gasteiger partial charge in [-0.05, 0) is 25.7 Å². The van der Waals surface area contributed by atoms with Crippen LogP contribution in [0.25, 0.3) is 0 Å². The Bertz CT molecular complexity index is 187. The Morgan fingerprint density at radius 3 is 2.00 bits per heavy atom. The number of carbonyl (C=O) groups excluding carboxylic acids is 2. The molecule has 0 saturated heterocycles. The molecule has 0 aromatic carbocycles. The van der Waals surface area contributed by atoms with E-state index in [1.807, 2.05) is 13.8 Å². The van der Waals surface area contributed by atoms with Crippen molar-refractivity contribution in [3.05, 3.63) is 0 Å². The number of rotatable bonds is 3. The minimum absolute atomic E-state index is 0.0341. The van der Waals surface area contributed by atoms with Crippen LogP contribution in [0.15, 0.2) is 0 Å². The van der Waals surface area contributed by atoms with Crippen molar-refractivity contribution in [2.45, 2.75) is 58.5 Å². The van der Waals surface area contributed by atoms with Gasteiger partial charge in [-0.1, -0.05) is 13.8 Å². The van der Waals surface area contributed by atoms with E-state index in [0.717, 1.165) is 32.1 Å². The van der Waals surface area contributed by atoms with Crippen LogP contribution in [0.5, 0.6) is 0 Å². The van der Waals surface area contributed by atoms with Gasteiger partial charge in [0.05, 0.1) is 0 Å². The van der Waals surface area contributed by atoms with Crippen molar-refractivity contribution in [2.24, 2.45) is 0 Å². The summed E-state index contributed by atoms with van der Waals surface area (Å²) in [5.74, 6) is 0.0341. The lowest BCUT2D eigenvalue weighted by Gasteiger charge is -2.28. The van der Waals surface area contributed by atoms with E-state index < -0.39 is 0 Å². The monoisotopic (exact) mass is 214 g/mol. The third kappa shape index (κ3) is 6.10. The molecule has 1 fully saturated rings. The second-order valence-corrected chi connectivity index (χ2v) is 3.53. The van der Waals surface area contributed by atoms with Crippen LogP contribution in [0.3, 0.4) is 0 Å². The largest absolute Gasteiger partial charge is 0.356 e. The Balaban J connectivity index is 0.000000921. The fourth-order valence-corrected chi connectivity index (χ4v) is 1.79. The van der Waals surface area contributed by atoms with Gasteiger partial charge in [-0.3, -0.25) is 9.59 Å². The first-order chi connectivity index (χ1) is 7.22. The van der Waals surface area contributed by atoms with Crippen LogP contribution in [-0.2, 0) is 9.59 Å². The Labute approximate surface area is 91.8 Å². The molecule has 88 valence electrons. The summed E-state index contributed by atoms with van der Waals surface area (Å²) in [7, 11) is 0. The summed E-state index contributed by atoms with van der Waals surface area (Å²) >= 11 is 0. The molecule has 1 rings (SSSR count). The third-order valence-electron chi connectivity index (χ3n) is 2.44. The lowest BCUT2D eigenvalue weighted by Crippen LogP contribution is -2.41. The molecule has 15 heavy (non-hydrogen) atoms. The van der Waals surface area contributed by atoms with Crippen molar-refractivity contribution in [1.82, 2.24) is 10.6 Å². The maximum Gasteiger partial charge on any atom is 0.217 e. The van der Waals surface area contributed by atoms with Gasteiger partial charge in [0.1, 0.15) is 0 Å². The summed E-state index contributed by atoms with van der Waals surface area (Å²) in [5.41, 5.74) is 0. The lowest BCUT2D eigenvalue weighted by molar-refractivity contribution is -0.120. The van der Waals surface area contributed by atoms with Crippen molar-refractivity contribution in [2.75, 3.05) is 0 Å². The normalized spacial score (nSPS) is 24.5. The predicted molar refractivity (Wildman–Crippen MR) is 60.4 cm³/mol.